The Morgan fingerprint density at radius 2 is 1.95 bits per heavy atom. The molecule has 21 heavy (non-hydrogen) atoms. The molecule has 114 valence electrons. The number of benzene rings is 1. The van der Waals surface area contributed by atoms with Crippen molar-refractivity contribution in [2.75, 3.05) is 4.90 Å². The van der Waals surface area contributed by atoms with Gasteiger partial charge in [-0.25, -0.2) is 0 Å². The Hall–Kier alpha value is -1.84. The highest BCUT2D eigenvalue weighted by Crippen LogP contribution is 2.37. The normalized spacial score (nSPS) is 18.0. The molecule has 0 spiro atoms. The molecule has 0 aliphatic carbocycles. The molecule has 2 rings (SSSR count). The molecule has 0 radical (unpaired) electrons. The van der Waals surface area contributed by atoms with Crippen molar-refractivity contribution in [2.45, 2.75) is 53.2 Å². The quantitative estimate of drug-likeness (QED) is 0.798. The molecule has 0 aromatic heterocycles. The smallest absolute Gasteiger partial charge is 0.268 e. The molecule has 1 heterocycles. The molecule has 0 N–H and O–H groups in total. The van der Waals surface area contributed by atoms with E-state index in [0.717, 1.165) is 0 Å². The number of ether oxygens (including phenoxy) is 1. The molecule has 1 aliphatic heterocycles. The van der Waals surface area contributed by atoms with Crippen molar-refractivity contribution >= 4 is 17.4 Å². The van der Waals surface area contributed by atoms with Gasteiger partial charge in [0.25, 0.3) is 5.91 Å². The molecule has 1 amide bonds. The molecule has 4 nitrogen and oxygen atoms in total. The van der Waals surface area contributed by atoms with Crippen LogP contribution in [0.25, 0.3) is 0 Å². The van der Waals surface area contributed by atoms with Gasteiger partial charge in [-0.15, -0.1) is 0 Å². The largest absolute Gasteiger partial charge is 0.478 e. The Morgan fingerprint density at radius 3 is 2.48 bits per heavy atom. The van der Waals surface area contributed by atoms with E-state index >= 15 is 0 Å². The number of carbonyl (C=O) groups excluding carboxylic acids is 2. The topological polar surface area (TPSA) is 46.6 Å². The summed E-state index contributed by atoms with van der Waals surface area (Å²) in [5.41, 5.74) is 1.33. The van der Waals surface area contributed by atoms with Crippen LogP contribution in [0.5, 0.6) is 5.75 Å². The van der Waals surface area contributed by atoms with Crippen molar-refractivity contribution in [3.05, 3.63) is 23.8 Å². The van der Waals surface area contributed by atoms with Gasteiger partial charge < -0.3 is 9.64 Å². The van der Waals surface area contributed by atoms with Crippen molar-refractivity contribution in [1.82, 2.24) is 0 Å². The lowest BCUT2D eigenvalue weighted by molar-refractivity contribution is -0.128. The Balaban J connectivity index is 2.51. The SMILES string of the molecule is CCC(=O)c1ccc2c(c1)N(C(C)C)C(=O)C(C(C)C)O2. The number of carbonyl (C=O) groups is 2. The van der Waals surface area contributed by atoms with E-state index in [1.807, 2.05) is 34.6 Å². The zero-order chi connectivity index (χ0) is 15.7. The van der Waals surface area contributed by atoms with E-state index in [1.54, 1.807) is 23.1 Å². The predicted octanol–water partition coefficient (Wildman–Crippen LogP) is 3.44. The molecule has 0 bridgehead atoms. The minimum absolute atomic E-state index is 0.0216. The van der Waals surface area contributed by atoms with Gasteiger partial charge in [0.05, 0.1) is 5.69 Å². The van der Waals surface area contributed by atoms with Crippen molar-refractivity contribution < 1.29 is 14.3 Å². The van der Waals surface area contributed by atoms with Gasteiger partial charge in [0.15, 0.2) is 11.9 Å². The fourth-order valence-electron chi connectivity index (χ4n) is 2.58. The van der Waals surface area contributed by atoms with E-state index in [4.69, 9.17) is 4.74 Å². The monoisotopic (exact) mass is 289 g/mol. The molecule has 0 saturated carbocycles. The van der Waals surface area contributed by atoms with E-state index in [-0.39, 0.29) is 23.7 Å². The molecule has 1 atom stereocenters. The summed E-state index contributed by atoms with van der Waals surface area (Å²) >= 11 is 0. The van der Waals surface area contributed by atoms with Crippen molar-refractivity contribution in [2.24, 2.45) is 5.92 Å². The first-order chi connectivity index (χ1) is 9.86. The van der Waals surface area contributed by atoms with Crippen molar-refractivity contribution in [3.8, 4) is 5.75 Å². The second kappa shape index (κ2) is 5.88. The van der Waals surface area contributed by atoms with E-state index < -0.39 is 6.10 Å². The standard InChI is InChI=1S/C17H23NO3/c1-6-14(19)12-7-8-15-13(9-12)18(11(4)5)17(20)16(21-15)10(2)3/h7-11,16H,6H2,1-5H3. The highest BCUT2D eigenvalue weighted by Gasteiger charge is 2.37. The van der Waals surface area contributed by atoms with Crippen LogP contribution in [0.15, 0.2) is 18.2 Å². The summed E-state index contributed by atoms with van der Waals surface area (Å²) in [5.74, 6) is 0.812. The van der Waals surface area contributed by atoms with Crippen LogP contribution in [0.4, 0.5) is 5.69 Å². The summed E-state index contributed by atoms with van der Waals surface area (Å²) < 4.78 is 5.85. The molecule has 1 aromatic rings. The average molecular weight is 289 g/mol. The molecule has 0 saturated heterocycles. The third-order valence-electron chi connectivity index (χ3n) is 3.72. The molecule has 1 unspecified atom stereocenters. The van der Waals surface area contributed by atoms with Crippen LogP contribution in [-0.2, 0) is 4.79 Å². The predicted molar refractivity (Wildman–Crippen MR) is 82.9 cm³/mol. The van der Waals surface area contributed by atoms with Crippen LogP contribution < -0.4 is 9.64 Å². The van der Waals surface area contributed by atoms with Gasteiger partial charge in [-0.3, -0.25) is 9.59 Å². The first-order valence-electron chi connectivity index (χ1n) is 7.53. The van der Waals surface area contributed by atoms with E-state index in [9.17, 15) is 9.59 Å². The highest BCUT2D eigenvalue weighted by atomic mass is 16.5. The summed E-state index contributed by atoms with van der Waals surface area (Å²) in [6.45, 7) is 9.72. The number of amides is 1. The molecule has 4 heteroatoms. The number of fused-ring (bicyclic) bond motifs is 1. The van der Waals surface area contributed by atoms with Crippen LogP contribution in [0.3, 0.4) is 0 Å². The fourth-order valence-corrected chi connectivity index (χ4v) is 2.58. The molecular weight excluding hydrogens is 266 g/mol. The molecule has 0 fully saturated rings. The number of hydrogen-bond acceptors (Lipinski definition) is 3. The second-order valence-corrected chi connectivity index (χ2v) is 6.04. The zero-order valence-electron chi connectivity index (χ0n) is 13.3. The van der Waals surface area contributed by atoms with Gasteiger partial charge >= 0.3 is 0 Å². The summed E-state index contributed by atoms with van der Waals surface area (Å²) in [5, 5.41) is 0. The Bertz CT molecular complexity index is 563. The third-order valence-corrected chi connectivity index (χ3v) is 3.72. The van der Waals surface area contributed by atoms with Crippen LogP contribution in [0, 0.1) is 5.92 Å². The molecular formula is C17H23NO3. The van der Waals surface area contributed by atoms with Crippen molar-refractivity contribution in [1.29, 1.82) is 0 Å². The lowest BCUT2D eigenvalue weighted by Crippen LogP contribution is -2.51. The maximum atomic E-state index is 12.6. The van der Waals surface area contributed by atoms with Gasteiger partial charge in [-0.05, 0) is 38.0 Å². The van der Waals surface area contributed by atoms with Gasteiger partial charge in [-0.1, -0.05) is 20.8 Å². The lowest BCUT2D eigenvalue weighted by Gasteiger charge is -2.38. The maximum Gasteiger partial charge on any atom is 0.268 e. The van der Waals surface area contributed by atoms with E-state index in [1.165, 1.54) is 0 Å². The lowest BCUT2D eigenvalue weighted by atomic mass is 10.00. The second-order valence-electron chi connectivity index (χ2n) is 6.04. The molecule has 1 aromatic carbocycles. The molecule has 1 aliphatic rings. The first kappa shape index (κ1) is 15.5. The van der Waals surface area contributed by atoms with Gasteiger partial charge in [-0.2, -0.15) is 0 Å². The third kappa shape index (κ3) is 2.80. The highest BCUT2D eigenvalue weighted by molar-refractivity contribution is 6.03. The summed E-state index contributed by atoms with van der Waals surface area (Å²) in [6, 6.07) is 5.37. The summed E-state index contributed by atoms with van der Waals surface area (Å²) in [4.78, 5) is 26.3. The van der Waals surface area contributed by atoms with Gasteiger partial charge in [0, 0.05) is 18.0 Å². The van der Waals surface area contributed by atoms with E-state index in [2.05, 4.69) is 0 Å². The number of anilines is 1. The zero-order valence-corrected chi connectivity index (χ0v) is 13.3. The number of Topliss-reactive ketones (excluding diaryl/α,β-unsaturated/α-hetero) is 1. The van der Waals surface area contributed by atoms with Gasteiger partial charge in [0.1, 0.15) is 5.75 Å². The number of nitrogens with zero attached hydrogens (tertiary/aromatic N) is 1. The van der Waals surface area contributed by atoms with E-state index in [0.29, 0.717) is 23.4 Å². The first-order valence-corrected chi connectivity index (χ1v) is 7.53. The van der Waals surface area contributed by atoms with Crippen LogP contribution in [0.1, 0.15) is 51.4 Å². The van der Waals surface area contributed by atoms with Crippen LogP contribution >= 0.6 is 0 Å². The summed E-state index contributed by atoms with van der Waals surface area (Å²) in [7, 11) is 0. The minimum atomic E-state index is -0.465. The summed E-state index contributed by atoms with van der Waals surface area (Å²) in [6.07, 6.45) is -0.0169. The van der Waals surface area contributed by atoms with Crippen LogP contribution in [0.2, 0.25) is 0 Å². The maximum absolute atomic E-state index is 12.6. The minimum Gasteiger partial charge on any atom is -0.478 e. The average Bonchev–Trinajstić information content (AvgIpc) is 2.44. The Morgan fingerprint density at radius 1 is 1.29 bits per heavy atom. The Kier molecular flexibility index (Phi) is 4.35. The Labute approximate surface area is 126 Å². The number of ketones is 1. The number of hydrogen-bond donors (Lipinski definition) is 0. The number of rotatable bonds is 4. The van der Waals surface area contributed by atoms with Crippen molar-refractivity contribution in [3.63, 3.8) is 0 Å². The van der Waals surface area contributed by atoms with Crippen LogP contribution in [-0.4, -0.2) is 23.8 Å². The van der Waals surface area contributed by atoms with Gasteiger partial charge in [0.2, 0.25) is 0 Å². The fraction of sp³-hybridized carbons (Fsp3) is 0.529.